The van der Waals surface area contributed by atoms with Crippen molar-refractivity contribution in [2.75, 3.05) is 13.1 Å². The van der Waals surface area contributed by atoms with Gasteiger partial charge in [0.05, 0.1) is 0 Å². The van der Waals surface area contributed by atoms with Crippen LogP contribution in [0, 0.1) is 0 Å². The molecule has 2 rings (SSSR count). The fraction of sp³-hybridized carbons (Fsp3) is 0.417. The maximum Gasteiger partial charge on any atom is 0.251 e. The Bertz CT molecular complexity index is 320. The van der Waals surface area contributed by atoms with Gasteiger partial charge in [-0.15, -0.1) is 0 Å². The van der Waals surface area contributed by atoms with Crippen LogP contribution >= 0.6 is 0 Å². The summed E-state index contributed by atoms with van der Waals surface area (Å²) in [5, 5.41) is 6.23. The molecule has 1 unspecified atom stereocenters. The van der Waals surface area contributed by atoms with Crippen molar-refractivity contribution in [1.29, 1.82) is 0 Å². The number of amides is 1. The number of carbonyl (C=O) groups excluding carboxylic acids is 1. The first-order valence-corrected chi connectivity index (χ1v) is 5.43. The van der Waals surface area contributed by atoms with Gasteiger partial charge in [-0.25, -0.2) is 0 Å². The molecule has 15 heavy (non-hydrogen) atoms. The molecule has 0 aromatic heterocycles. The molecule has 1 fully saturated rings. The van der Waals surface area contributed by atoms with E-state index in [0.29, 0.717) is 6.04 Å². The minimum Gasteiger partial charge on any atom is -0.352 e. The molecule has 0 saturated carbocycles. The zero-order valence-electron chi connectivity index (χ0n) is 8.70. The van der Waals surface area contributed by atoms with Crippen LogP contribution in [-0.2, 0) is 0 Å². The summed E-state index contributed by atoms with van der Waals surface area (Å²) in [4.78, 5) is 11.6. The fourth-order valence-electron chi connectivity index (χ4n) is 1.65. The highest BCUT2D eigenvalue weighted by Gasteiger charge is 2.15. The van der Waals surface area contributed by atoms with E-state index in [-0.39, 0.29) is 5.91 Å². The summed E-state index contributed by atoms with van der Waals surface area (Å²) in [5.74, 6) is 0.0231. The summed E-state index contributed by atoms with van der Waals surface area (Å²) < 4.78 is 0. The number of carbonyl (C=O) groups is 1. The molecule has 80 valence electrons. The first kappa shape index (κ1) is 10.2. The third kappa shape index (κ3) is 2.80. The van der Waals surface area contributed by atoms with Gasteiger partial charge in [0, 0.05) is 18.2 Å². The molecule has 1 aromatic carbocycles. The number of rotatable bonds is 4. The highest BCUT2D eigenvalue weighted by atomic mass is 16.1. The maximum absolute atomic E-state index is 11.6. The lowest BCUT2D eigenvalue weighted by Crippen LogP contribution is -2.44. The molecule has 3 heteroatoms. The van der Waals surface area contributed by atoms with Gasteiger partial charge in [-0.05, 0) is 31.5 Å². The van der Waals surface area contributed by atoms with Crippen molar-refractivity contribution >= 4 is 5.91 Å². The normalized spacial score (nSPS) is 19.3. The standard InChI is InChI=1S/C12H16N2O/c15-12(10-4-2-1-3-5-10)14-9-7-11-6-8-13-11/h1-5,11,13H,6-9H2,(H,14,15). The molecule has 2 N–H and O–H groups in total. The maximum atomic E-state index is 11.6. The van der Waals surface area contributed by atoms with Crippen molar-refractivity contribution in [2.24, 2.45) is 0 Å². The molecule has 1 saturated heterocycles. The van der Waals surface area contributed by atoms with Gasteiger partial charge >= 0.3 is 0 Å². The molecule has 0 spiro atoms. The lowest BCUT2D eigenvalue weighted by molar-refractivity contribution is 0.0951. The Labute approximate surface area is 89.9 Å². The number of hydrogen-bond acceptors (Lipinski definition) is 2. The topological polar surface area (TPSA) is 41.1 Å². The van der Waals surface area contributed by atoms with Gasteiger partial charge in [0.25, 0.3) is 5.91 Å². The van der Waals surface area contributed by atoms with Gasteiger partial charge in [0.15, 0.2) is 0 Å². The Kier molecular flexibility index (Phi) is 3.35. The van der Waals surface area contributed by atoms with Gasteiger partial charge in [-0.1, -0.05) is 18.2 Å². The lowest BCUT2D eigenvalue weighted by Gasteiger charge is -2.27. The Morgan fingerprint density at radius 1 is 1.40 bits per heavy atom. The molecule has 1 amide bonds. The Morgan fingerprint density at radius 3 is 2.73 bits per heavy atom. The van der Waals surface area contributed by atoms with E-state index in [2.05, 4.69) is 10.6 Å². The van der Waals surface area contributed by atoms with Crippen LogP contribution in [0.2, 0.25) is 0 Å². The highest BCUT2D eigenvalue weighted by molar-refractivity contribution is 5.94. The van der Waals surface area contributed by atoms with Crippen molar-refractivity contribution in [2.45, 2.75) is 18.9 Å². The second-order valence-corrected chi connectivity index (χ2v) is 3.85. The van der Waals surface area contributed by atoms with E-state index in [1.54, 1.807) is 0 Å². The SMILES string of the molecule is O=C(NCCC1CCN1)c1ccccc1. The van der Waals surface area contributed by atoms with Gasteiger partial charge in [0.2, 0.25) is 0 Å². The van der Waals surface area contributed by atoms with Crippen molar-refractivity contribution in [1.82, 2.24) is 10.6 Å². The van der Waals surface area contributed by atoms with Gasteiger partial charge in [-0.2, -0.15) is 0 Å². The van der Waals surface area contributed by atoms with Crippen molar-refractivity contribution in [3.63, 3.8) is 0 Å². The first-order valence-electron chi connectivity index (χ1n) is 5.43. The van der Waals surface area contributed by atoms with Crippen LogP contribution in [0.3, 0.4) is 0 Å². The lowest BCUT2D eigenvalue weighted by atomic mass is 10.0. The minimum absolute atomic E-state index is 0.0231. The van der Waals surface area contributed by atoms with E-state index in [1.165, 1.54) is 6.42 Å². The van der Waals surface area contributed by atoms with Crippen LogP contribution in [-0.4, -0.2) is 25.0 Å². The number of hydrogen-bond donors (Lipinski definition) is 2. The molecular weight excluding hydrogens is 188 g/mol. The number of benzene rings is 1. The molecule has 0 bridgehead atoms. The molecule has 0 radical (unpaired) electrons. The molecule has 1 atom stereocenters. The van der Waals surface area contributed by atoms with Gasteiger partial charge < -0.3 is 10.6 Å². The smallest absolute Gasteiger partial charge is 0.251 e. The Morgan fingerprint density at radius 2 is 2.13 bits per heavy atom. The molecule has 1 aliphatic heterocycles. The third-order valence-corrected chi connectivity index (χ3v) is 2.74. The molecule has 1 heterocycles. The van der Waals surface area contributed by atoms with E-state index in [9.17, 15) is 4.79 Å². The second kappa shape index (κ2) is 4.94. The Balaban J connectivity index is 1.72. The largest absolute Gasteiger partial charge is 0.352 e. The summed E-state index contributed by atoms with van der Waals surface area (Å²) >= 11 is 0. The van der Waals surface area contributed by atoms with Crippen LogP contribution in [0.25, 0.3) is 0 Å². The fourth-order valence-corrected chi connectivity index (χ4v) is 1.65. The summed E-state index contributed by atoms with van der Waals surface area (Å²) in [6, 6.07) is 9.94. The average molecular weight is 204 g/mol. The third-order valence-electron chi connectivity index (χ3n) is 2.74. The van der Waals surface area contributed by atoms with Crippen molar-refractivity contribution < 1.29 is 4.79 Å². The predicted molar refractivity (Wildman–Crippen MR) is 59.8 cm³/mol. The molecule has 3 nitrogen and oxygen atoms in total. The van der Waals surface area contributed by atoms with Crippen LogP contribution < -0.4 is 10.6 Å². The molecular formula is C12H16N2O. The van der Waals surface area contributed by atoms with E-state index in [0.717, 1.165) is 25.1 Å². The second-order valence-electron chi connectivity index (χ2n) is 3.85. The van der Waals surface area contributed by atoms with Crippen molar-refractivity contribution in [3.05, 3.63) is 35.9 Å². The van der Waals surface area contributed by atoms with Crippen LogP contribution in [0.4, 0.5) is 0 Å². The monoisotopic (exact) mass is 204 g/mol. The summed E-state index contributed by atoms with van der Waals surface area (Å²) in [5.41, 5.74) is 0.735. The average Bonchev–Trinajstić information content (AvgIpc) is 2.23. The van der Waals surface area contributed by atoms with E-state index in [1.807, 2.05) is 30.3 Å². The quantitative estimate of drug-likeness (QED) is 0.773. The van der Waals surface area contributed by atoms with Gasteiger partial charge in [-0.3, -0.25) is 4.79 Å². The van der Waals surface area contributed by atoms with Crippen LogP contribution in [0.5, 0.6) is 0 Å². The minimum atomic E-state index is 0.0231. The van der Waals surface area contributed by atoms with Gasteiger partial charge in [0.1, 0.15) is 0 Å². The molecule has 1 aliphatic rings. The van der Waals surface area contributed by atoms with Crippen LogP contribution in [0.1, 0.15) is 23.2 Å². The zero-order chi connectivity index (χ0) is 10.5. The van der Waals surface area contributed by atoms with E-state index in [4.69, 9.17) is 0 Å². The molecule has 0 aliphatic carbocycles. The van der Waals surface area contributed by atoms with E-state index >= 15 is 0 Å². The van der Waals surface area contributed by atoms with E-state index < -0.39 is 0 Å². The highest BCUT2D eigenvalue weighted by Crippen LogP contribution is 2.05. The zero-order valence-corrected chi connectivity index (χ0v) is 8.70. The van der Waals surface area contributed by atoms with Crippen molar-refractivity contribution in [3.8, 4) is 0 Å². The van der Waals surface area contributed by atoms with Crippen LogP contribution in [0.15, 0.2) is 30.3 Å². The Hall–Kier alpha value is -1.35. The summed E-state index contributed by atoms with van der Waals surface area (Å²) in [7, 11) is 0. The molecule has 1 aromatic rings. The first-order chi connectivity index (χ1) is 7.36. The predicted octanol–water partition coefficient (Wildman–Crippen LogP) is 1.17. The number of nitrogens with one attached hydrogen (secondary N) is 2. The summed E-state index contributed by atoms with van der Waals surface area (Å²) in [6.45, 7) is 1.88. The summed E-state index contributed by atoms with van der Waals surface area (Å²) in [6.07, 6.45) is 2.26.